The molecule has 1 aromatic heterocycles. The quantitative estimate of drug-likeness (QED) is 0.903. The zero-order chi connectivity index (χ0) is 13.3. The Bertz CT molecular complexity index is 626. The van der Waals surface area contributed by atoms with Crippen LogP contribution in [0.15, 0.2) is 30.3 Å². The van der Waals surface area contributed by atoms with Crippen LogP contribution in [0.3, 0.4) is 0 Å². The van der Waals surface area contributed by atoms with Gasteiger partial charge < -0.3 is 5.11 Å². The first-order valence-corrected chi connectivity index (χ1v) is 5.91. The van der Waals surface area contributed by atoms with E-state index in [0.29, 0.717) is 21.3 Å². The highest BCUT2D eigenvalue weighted by Gasteiger charge is 2.15. The van der Waals surface area contributed by atoms with Gasteiger partial charge in [0.1, 0.15) is 0 Å². The van der Waals surface area contributed by atoms with Crippen molar-refractivity contribution in [3.8, 4) is 11.3 Å². The Morgan fingerprint density at radius 3 is 2.56 bits per heavy atom. The van der Waals surface area contributed by atoms with Crippen LogP contribution in [0.4, 0.5) is 0 Å². The number of carboxylic acids is 1. The third-order valence-corrected chi connectivity index (χ3v) is 3.00. The Morgan fingerprint density at radius 2 is 1.94 bits per heavy atom. The van der Waals surface area contributed by atoms with Crippen LogP contribution >= 0.6 is 23.2 Å². The van der Waals surface area contributed by atoms with E-state index in [2.05, 4.69) is 4.98 Å². The first kappa shape index (κ1) is 12.9. The molecule has 0 unspecified atom stereocenters. The van der Waals surface area contributed by atoms with Gasteiger partial charge in [0, 0.05) is 16.3 Å². The Hall–Kier alpha value is -1.58. The molecule has 0 bridgehead atoms. The van der Waals surface area contributed by atoms with Crippen molar-refractivity contribution in [3.05, 3.63) is 51.6 Å². The standard InChI is InChI=1S/C13H9Cl2NO2/c1-7-2-4-10(13(17)18)12(16-7)9-5-3-8(14)6-11(9)15/h2-6H,1H3,(H,17,18). The molecule has 0 fully saturated rings. The maximum atomic E-state index is 11.2. The van der Waals surface area contributed by atoms with E-state index in [9.17, 15) is 4.79 Å². The van der Waals surface area contributed by atoms with Crippen molar-refractivity contribution >= 4 is 29.2 Å². The number of carbonyl (C=O) groups is 1. The molecule has 0 aliphatic heterocycles. The Kier molecular flexibility index (Phi) is 3.55. The molecule has 0 amide bonds. The molecule has 3 nitrogen and oxygen atoms in total. The highest BCUT2D eigenvalue weighted by molar-refractivity contribution is 6.36. The van der Waals surface area contributed by atoms with E-state index >= 15 is 0 Å². The lowest BCUT2D eigenvalue weighted by Gasteiger charge is -2.08. The van der Waals surface area contributed by atoms with Gasteiger partial charge in [-0.1, -0.05) is 23.2 Å². The molecule has 18 heavy (non-hydrogen) atoms. The zero-order valence-corrected chi connectivity index (χ0v) is 11.0. The summed E-state index contributed by atoms with van der Waals surface area (Å²) in [6.07, 6.45) is 0. The molecule has 0 aliphatic rings. The fourth-order valence-electron chi connectivity index (χ4n) is 1.62. The fourth-order valence-corrected chi connectivity index (χ4v) is 2.11. The number of nitrogens with zero attached hydrogens (tertiary/aromatic N) is 1. The maximum Gasteiger partial charge on any atom is 0.337 e. The largest absolute Gasteiger partial charge is 0.478 e. The second-order valence-corrected chi connectivity index (χ2v) is 4.62. The maximum absolute atomic E-state index is 11.2. The lowest BCUT2D eigenvalue weighted by atomic mass is 10.1. The molecule has 5 heteroatoms. The number of aromatic nitrogens is 1. The number of rotatable bonds is 2. The van der Waals surface area contributed by atoms with Crippen molar-refractivity contribution in [1.82, 2.24) is 4.98 Å². The highest BCUT2D eigenvalue weighted by atomic mass is 35.5. The monoisotopic (exact) mass is 281 g/mol. The lowest BCUT2D eigenvalue weighted by molar-refractivity contribution is 0.0697. The molecule has 0 aliphatic carbocycles. The minimum absolute atomic E-state index is 0.116. The van der Waals surface area contributed by atoms with Crippen LogP contribution in [0.5, 0.6) is 0 Å². The van der Waals surface area contributed by atoms with Crippen LogP contribution in [-0.2, 0) is 0 Å². The van der Waals surface area contributed by atoms with Gasteiger partial charge in [-0.05, 0) is 37.3 Å². The fraction of sp³-hybridized carbons (Fsp3) is 0.0769. The number of benzene rings is 1. The van der Waals surface area contributed by atoms with Gasteiger partial charge in [-0.2, -0.15) is 0 Å². The minimum atomic E-state index is -1.04. The number of aromatic carboxylic acids is 1. The van der Waals surface area contributed by atoms with Crippen LogP contribution in [0.25, 0.3) is 11.3 Å². The number of aryl methyl sites for hydroxylation is 1. The molecular weight excluding hydrogens is 273 g/mol. The Morgan fingerprint density at radius 1 is 1.22 bits per heavy atom. The van der Waals surface area contributed by atoms with E-state index in [-0.39, 0.29) is 5.56 Å². The summed E-state index contributed by atoms with van der Waals surface area (Å²) in [6, 6.07) is 8.05. The molecular formula is C13H9Cl2NO2. The third kappa shape index (κ3) is 2.47. The SMILES string of the molecule is Cc1ccc(C(=O)O)c(-c2ccc(Cl)cc2Cl)n1. The summed E-state index contributed by atoms with van der Waals surface area (Å²) in [4.78, 5) is 15.4. The van der Waals surface area contributed by atoms with Crippen LogP contribution in [0, 0.1) is 6.92 Å². The summed E-state index contributed by atoms with van der Waals surface area (Å²) in [5, 5.41) is 10.0. The molecule has 0 radical (unpaired) electrons. The molecule has 1 heterocycles. The molecule has 0 saturated carbocycles. The number of hydrogen-bond acceptors (Lipinski definition) is 2. The average Bonchev–Trinajstić information content (AvgIpc) is 2.28. The van der Waals surface area contributed by atoms with E-state index in [1.54, 1.807) is 31.2 Å². The van der Waals surface area contributed by atoms with Crippen LogP contribution in [0.2, 0.25) is 10.0 Å². The summed E-state index contributed by atoms with van der Waals surface area (Å²) in [5.41, 5.74) is 1.75. The van der Waals surface area contributed by atoms with E-state index in [1.807, 2.05) is 0 Å². The normalized spacial score (nSPS) is 10.4. The van der Waals surface area contributed by atoms with Gasteiger partial charge in [-0.15, -0.1) is 0 Å². The number of carboxylic acid groups (broad SMARTS) is 1. The van der Waals surface area contributed by atoms with Gasteiger partial charge in [0.05, 0.1) is 16.3 Å². The first-order valence-electron chi connectivity index (χ1n) is 5.15. The first-order chi connectivity index (χ1) is 8.49. The van der Waals surface area contributed by atoms with Crippen LogP contribution in [0.1, 0.15) is 16.1 Å². The minimum Gasteiger partial charge on any atom is -0.478 e. The molecule has 2 rings (SSSR count). The smallest absolute Gasteiger partial charge is 0.337 e. The van der Waals surface area contributed by atoms with E-state index in [4.69, 9.17) is 28.3 Å². The molecule has 92 valence electrons. The predicted molar refractivity (Wildman–Crippen MR) is 71.4 cm³/mol. The summed E-state index contributed by atoms with van der Waals surface area (Å²) >= 11 is 11.9. The zero-order valence-electron chi connectivity index (χ0n) is 9.45. The Labute approximate surface area is 114 Å². The number of halogens is 2. The molecule has 0 spiro atoms. The van der Waals surface area contributed by atoms with Crippen LogP contribution in [-0.4, -0.2) is 16.1 Å². The number of pyridine rings is 1. The highest BCUT2D eigenvalue weighted by Crippen LogP contribution is 2.31. The van der Waals surface area contributed by atoms with Gasteiger partial charge in [-0.25, -0.2) is 4.79 Å². The second kappa shape index (κ2) is 4.96. The van der Waals surface area contributed by atoms with E-state index < -0.39 is 5.97 Å². The van der Waals surface area contributed by atoms with Gasteiger partial charge in [-0.3, -0.25) is 4.98 Å². The van der Waals surface area contributed by atoms with Gasteiger partial charge >= 0.3 is 5.97 Å². The Balaban J connectivity index is 2.69. The van der Waals surface area contributed by atoms with Gasteiger partial charge in [0.25, 0.3) is 0 Å². The molecule has 2 aromatic rings. The molecule has 0 saturated heterocycles. The summed E-state index contributed by atoms with van der Waals surface area (Å²) in [7, 11) is 0. The molecule has 1 N–H and O–H groups in total. The summed E-state index contributed by atoms with van der Waals surface area (Å²) < 4.78 is 0. The van der Waals surface area contributed by atoms with Crippen molar-refractivity contribution in [2.24, 2.45) is 0 Å². The van der Waals surface area contributed by atoms with Crippen molar-refractivity contribution in [2.75, 3.05) is 0 Å². The molecule has 1 aromatic carbocycles. The second-order valence-electron chi connectivity index (χ2n) is 3.78. The number of hydrogen-bond donors (Lipinski definition) is 1. The van der Waals surface area contributed by atoms with Crippen LogP contribution < -0.4 is 0 Å². The van der Waals surface area contributed by atoms with Gasteiger partial charge in [0.2, 0.25) is 0 Å². The third-order valence-electron chi connectivity index (χ3n) is 2.45. The summed E-state index contributed by atoms with van der Waals surface area (Å²) in [6.45, 7) is 1.79. The van der Waals surface area contributed by atoms with Gasteiger partial charge in [0.15, 0.2) is 0 Å². The van der Waals surface area contributed by atoms with E-state index in [0.717, 1.165) is 5.69 Å². The van der Waals surface area contributed by atoms with Crippen molar-refractivity contribution in [2.45, 2.75) is 6.92 Å². The van der Waals surface area contributed by atoms with Crippen molar-refractivity contribution in [1.29, 1.82) is 0 Å². The summed E-state index contributed by atoms with van der Waals surface area (Å²) in [5.74, 6) is -1.04. The van der Waals surface area contributed by atoms with Crippen molar-refractivity contribution in [3.63, 3.8) is 0 Å². The average molecular weight is 282 g/mol. The van der Waals surface area contributed by atoms with E-state index in [1.165, 1.54) is 6.07 Å². The topological polar surface area (TPSA) is 50.2 Å². The predicted octanol–water partition coefficient (Wildman–Crippen LogP) is 4.06. The van der Waals surface area contributed by atoms with Crippen molar-refractivity contribution < 1.29 is 9.90 Å². The lowest BCUT2D eigenvalue weighted by Crippen LogP contribution is -2.02. The molecule has 0 atom stereocenters.